The third-order valence-corrected chi connectivity index (χ3v) is 2.78. The van der Waals surface area contributed by atoms with Gasteiger partial charge in [0.05, 0.1) is 0 Å². The molecule has 0 fully saturated rings. The molecule has 2 aromatic heterocycles. The molecule has 0 spiro atoms. The molecule has 5 heteroatoms. The third-order valence-electron chi connectivity index (χ3n) is 2.78. The van der Waals surface area contributed by atoms with Crippen LogP contribution in [0.1, 0.15) is 5.56 Å². The number of hydrogen-bond acceptors (Lipinski definition) is 5. The Morgan fingerprint density at radius 3 is 2.38 bits per heavy atom. The number of pyridine rings is 1. The average Bonchev–Trinajstić information content (AvgIpc) is 2.56. The molecular weight excluding hydrogens is 264 g/mol. The first-order valence-electron chi connectivity index (χ1n) is 6.59. The lowest BCUT2D eigenvalue weighted by Crippen LogP contribution is -2.03. The van der Waals surface area contributed by atoms with E-state index in [1.165, 1.54) is 0 Å². The van der Waals surface area contributed by atoms with E-state index < -0.39 is 0 Å². The van der Waals surface area contributed by atoms with Crippen molar-refractivity contribution in [1.29, 1.82) is 0 Å². The van der Waals surface area contributed by atoms with Gasteiger partial charge in [0, 0.05) is 31.2 Å². The Balaban J connectivity index is 1.59. The number of aromatic nitrogens is 3. The third kappa shape index (κ3) is 3.76. The second-order valence-electron chi connectivity index (χ2n) is 4.35. The summed E-state index contributed by atoms with van der Waals surface area (Å²) in [7, 11) is 0. The van der Waals surface area contributed by atoms with Crippen LogP contribution in [0.2, 0.25) is 0 Å². The molecule has 0 atom stereocenters. The van der Waals surface area contributed by atoms with Crippen LogP contribution in [0.3, 0.4) is 0 Å². The maximum atomic E-state index is 5.64. The molecule has 2 heterocycles. The number of rotatable bonds is 5. The van der Waals surface area contributed by atoms with Gasteiger partial charge in [0.2, 0.25) is 11.8 Å². The lowest BCUT2D eigenvalue weighted by Gasteiger charge is -2.06. The van der Waals surface area contributed by atoms with Crippen LogP contribution in [0.4, 0.5) is 5.95 Å². The van der Waals surface area contributed by atoms with E-state index in [2.05, 4.69) is 20.3 Å². The minimum Gasteiger partial charge on any atom is -0.439 e. The van der Waals surface area contributed by atoms with Crippen molar-refractivity contribution in [2.75, 3.05) is 5.32 Å². The summed E-state index contributed by atoms with van der Waals surface area (Å²) >= 11 is 0. The van der Waals surface area contributed by atoms with Crippen molar-refractivity contribution in [3.63, 3.8) is 0 Å². The molecule has 0 aliphatic carbocycles. The summed E-state index contributed by atoms with van der Waals surface area (Å²) in [5, 5.41) is 3.13. The van der Waals surface area contributed by atoms with Crippen LogP contribution in [-0.4, -0.2) is 15.0 Å². The summed E-state index contributed by atoms with van der Waals surface area (Å²) in [6, 6.07) is 15.2. The molecule has 3 aromatic rings. The highest BCUT2D eigenvalue weighted by molar-refractivity contribution is 5.29. The molecule has 0 aliphatic rings. The normalized spacial score (nSPS) is 10.1. The minimum absolute atomic E-state index is 0.570. The van der Waals surface area contributed by atoms with Gasteiger partial charge in [-0.25, -0.2) is 15.0 Å². The number of nitrogens with one attached hydrogen (secondary N) is 1. The molecular formula is C16H14N4O. The van der Waals surface area contributed by atoms with Gasteiger partial charge in [-0.1, -0.05) is 24.3 Å². The number of nitrogens with zero attached hydrogens (tertiary/aromatic N) is 3. The van der Waals surface area contributed by atoms with Crippen molar-refractivity contribution < 1.29 is 4.74 Å². The van der Waals surface area contributed by atoms with E-state index >= 15 is 0 Å². The van der Waals surface area contributed by atoms with Gasteiger partial charge in [-0.2, -0.15) is 0 Å². The molecule has 0 bridgehead atoms. The van der Waals surface area contributed by atoms with Crippen LogP contribution in [0.15, 0.2) is 67.1 Å². The molecule has 0 amide bonds. The molecule has 5 nitrogen and oxygen atoms in total. The van der Waals surface area contributed by atoms with Gasteiger partial charge in [-0.15, -0.1) is 0 Å². The summed E-state index contributed by atoms with van der Waals surface area (Å²) in [4.78, 5) is 12.5. The van der Waals surface area contributed by atoms with Crippen LogP contribution < -0.4 is 10.1 Å². The summed E-state index contributed by atoms with van der Waals surface area (Å²) in [6.07, 6.45) is 5.17. The number of benzene rings is 1. The van der Waals surface area contributed by atoms with Crippen molar-refractivity contribution in [1.82, 2.24) is 15.0 Å². The molecule has 21 heavy (non-hydrogen) atoms. The van der Waals surface area contributed by atoms with Crippen molar-refractivity contribution in [3.8, 4) is 11.6 Å². The molecule has 1 aromatic carbocycles. The minimum atomic E-state index is 0.570. The molecule has 0 saturated heterocycles. The standard InChI is InChI=1S/C16H14N4O/c1-2-5-14(6-3-1)21-15-8-7-13(11-19-15)12-20-16-17-9-4-10-18-16/h1-11H,12H2,(H,17,18,20). The predicted octanol–water partition coefficient (Wildman–Crippen LogP) is 3.28. The first-order valence-corrected chi connectivity index (χ1v) is 6.59. The Kier molecular flexibility index (Phi) is 4.02. The SMILES string of the molecule is c1ccc(Oc2ccc(CNc3ncccn3)cn2)cc1. The Morgan fingerprint density at radius 2 is 1.67 bits per heavy atom. The Morgan fingerprint density at radius 1 is 0.857 bits per heavy atom. The monoisotopic (exact) mass is 278 g/mol. The molecule has 0 aliphatic heterocycles. The van der Waals surface area contributed by atoms with Crippen LogP contribution in [0.25, 0.3) is 0 Å². The number of anilines is 1. The Labute approximate surface area is 122 Å². The van der Waals surface area contributed by atoms with Crippen LogP contribution in [0, 0.1) is 0 Å². The van der Waals surface area contributed by atoms with E-state index in [4.69, 9.17) is 4.74 Å². The molecule has 0 saturated carbocycles. The Hall–Kier alpha value is -2.95. The van der Waals surface area contributed by atoms with Gasteiger partial charge in [0.15, 0.2) is 0 Å². The maximum Gasteiger partial charge on any atom is 0.222 e. The van der Waals surface area contributed by atoms with Crippen LogP contribution >= 0.6 is 0 Å². The van der Waals surface area contributed by atoms with Crippen LogP contribution in [0.5, 0.6) is 11.6 Å². The zero-order chi connectivity index (χ0) is 14.3. The van der Waals surface area contributed by atoms with Crippen molar-refractivity contribution >= 4 is 5.95 Å². The highest BCUT2D eigenvalue weighted by Gasteiger charge is 2.00. The van der Waals surface area contributed by atoms with Crippen molar-refractivity contribution in [3.05, 3.63) is 72.7 Å². The molecule has 104 valence electrons. The zero-order valence-electron chi connectivity index (χ0n) is 11.3. The first-order chi connectivity index (χ1) is 10.4. The largest absolute Gasteiger partial charge is 0.439 e. The topological polar surface area (TPSA) is 59.9 Å². The zero-order valence-corrected chi connectivity index (χ0v) is 11.3. The highest BCUT2D eigenvalue weighted by atomic mass is 16.5. The van der Waals surface area contributed by atoms with Crippen molar-refractivity contribution in [2.24, 2.45) is 0 Å². The van der Waals surface area contributed by atoms with Gasteiger partial charge in [0.1, 0.15) is 5.75 Å². The predicted molar refractivity (Wildman–Crippen MR) is 80.1 cm³/mol. The summed E-state index contributed by atoms with van der Waals surface area (Å²) in [5.74, 6) is 1.94. The number of ether oxygens (including phenoxy) is 1. The summed E-state index contributed by atoms with van der Waals surface area (Å²) in [5.41, 5.74) is 1.03. The van der Waals surface area contributed by atoms with Crippen molar-refractivity contribution in [2.45, 2.75) is 6.54 Å². The molecule has 0 radical (unpaired) electrons. The van der Waals surface area contributed by atoms with Gasteiger partial charge in [-0.05, 0) is 23.8 Å². The molecule has 3 rings (SSSR count). The smallest absolute Gasteiger partial charge is 0.222 e. The summed E-state index contributed by atoms with van der Waals surface area (Å²) in [6.45, 7) is 0.614. The first kappa shape index (κ1) is 13.1. The molecule has 1 N–H and O–H groups in total. The lowest BCUT2D eigenvalue weighted by molar-refractivity contribution is 0.462. The lowest BCUT2D eigenvalue weighted by atomic mass is 10.3. The van der Waals surface area contributed by atoms with Gasteiger partial charge in [0.25, 0.3) is 0 Å². The van der Waals surface area contributed by atoms with Gasteiger partial charge < -0.3 is 10.1 Å². The number of hydrogen-bond donors (Lipinski definition) is 1. The van der Waals surface area contributed by atoms with E-state index in [9.17, 15) is 0 Å². The summed E-state index contributed by atoms with van der Waals surface area (Å²) < 4.78 is 5.64. The van der Waals surface area contributed by atoms with Crippen LogP contribution in [-0.2, 0) is 6.54 Å². The van der Waals surface area contributed by atoms with Gasteiger partial charge >= 0.3 is 0 Å². The van der Waals surface area contributed by atoms with E-state index in [0.717, 1.165) is 11.3 Å². The second kappa shape index (κ2) is 6.47. The van der Waals surface area contributed by atoms with E-state index in [1.54, 1.807) is 24.7 Å². The van der Waals surface area contributed by atoms with E-state index in [0.29, 0.717) is 18.4 Å². The van der Waals surface area contributed by atoms with E-state index in [1.807, 2.05) is 42.5 Å². The van der Waals surface area contributed by atoms with E-state index in [-0.39, 0.29) is 0 Å². The quantitative estimate of drug-likeness (QED) is 0.776. The fourth-order valence-corrected chi connectivity index (χ4v) is 1.76. The Bertz CT molecular complexity index is 672. The van der Waals surface area contributed by atoms with Gasteiger partial charge in [-0.3, -0.25) is 0 Å². The average molecular weight is 278 g/mol. The molecule has 0 unspecified atom stereocenters. The fraction of sp³-hybridized carbons (Fsp3) is 0.0625. The highest BCUT2D eigenvalue weighted by Crippen LogP contribution is 2.18. The maximum absolute atomic E-state index is 5.64. The number of para-hydroxylation sites is 1. The fourth-order valence-electron chi connectivity index (χ4n) is 1.76. The second-order valence-corrected chi connectivity index (χ2v) is 4.35.